The molecule has 0 bridgehead atoms. The molecule has 1 aromatic carbocycles. The second kappa shape index (κ2) is 5.41. The predicted octanol–water partition coefficient (Wildman–Crippen LogP) is 2.87. The van der Waals surface area contributed by atoms with Crippen LogP contribution < -0.4 is 5.32 Å². The topological polar surface area (TPSA) is 72.2 Å². The summed E-state index contributed by atoms with van der Waals surface area (Å²) in [6.45, 7) is 1.69. The Balaban J connectivity index is 3.04. The van der Waals surface area contributed by atoms with Gasteiger partial charge in [-0.15, -0.1) is 0 Å². The number of benzene rings is 1. The van der Waals surface area contributed by atoms with Crippen molar-refractivity contribution in [3.05, 3.63) is 44.9 Å². The number of carbonyl (C=O) groups excluding carboxylic acids is 1. The van der Waals surface area contributed by atoms with Gasteiger partial charge in [0, 0.05) is 10.5 Å². The first-order valence-electron chi connectivity index (χ1n) is 4.42. The van der Waals surface area contributed by atoms with Crippen LogP contribution in [0.5, 0.6) is 0 Å². The zero-order valence-corrected chi connectivity index (χ0v) is 10.0. The fraction of sp³-hybridized carbons (Fsp3) is 0.100. The highest BCUT2D eigenvalue weighted by Gasteiger charge is 2.15. The number of nitrogens with zero attached hydrogens (tertiary/aromatic N) is 1. The van der Waals surface area contributed by atoms with Crippen molar-refractivity contribution in [2.75, 3.05) is 5.32 Å². The summed E-state index contributed by atoms with van der Waals surface area (Å²) in [6.07, 6.45) is 2.85. The number of carbonyl (C=O) groups is 1. The van der Waals surface area contributed by atoms with E-state index in [-0.39, 0.29) is 11.4 Å². The molecule has 1 aromatic rings. The maximum absolute atomic E-state index is 11.2. The van der Waals surface area contributed by atoms with Crippen molar-refractivity contribution in [1.82, 2.24) is 0 Å². The molecule has 0 radical (unpaired) electrons. The van der Waals surface area contributed by atoms with Crippen molar-refractivity contribution < 1.29 is 9.72 Å². The molecule has 0 saturated heterocycles. The molecule has 1 rings (SSSR count). The van der Waals surface area contributed by atoms with Gasteiger partial charge in [0.15, 0.2) is 0 Å². The highest BCUT2D eigenvalue weighted by molar-refractivity contribution is 9.10. The molecule has 84 valence electrons. The Labute approximate surface area is 100 Å². The van der Waals surface area contributed by atoms with Crippen molar-refractivity contribution >= 4 is 33.2 Å². The van der Waals surface area contributed by atoms with Gasteiger partial charge in [0.05, 0.1) is 4.92 Å². The third-order valence-electron chi connectivity index (χ3n) is 1.73. The average Bonchev–Trinajstić information content (AvgIpc) is 2.20. The molecule has 0 heterocycles. The highest BCUT2D eigenvalue weighted by Crippen LogP contribution is 2.27. The van der Waals surface area contributed by atoms with Crippen molar-refractivity contribution in [2.45, 2.75) is 6.92 Å². The lowest BCUT2D eigenvalue weighted by Crippen LogP contribution is -2.09. The van der Waals surface area contributed by atoms with E-state index >= 15 is 0 Å². The minimum atomic E-state index is -0.546. The van der Waals surface area contributed by atoms with E-state index in [0.29, 0.717) is 4.47 Å². The van der Waals surface area contributed by atoms with Crippen LogP contribution >= 0.6 is 15.9 Å². The minimum absolute atomic E-state index is 0.146. The molecular formula is C10H9BrN2O3. The van der Waals surface area contributed by atoms with Crippen LogP contribution in [0, 0.1) is 10.1 Å². The van der Waals surface area contributed by atoms with E-state index in [9.17, 15) is 14.9 Å². The van der Waals surface area contributed by atoms with Gasteiger partial charge in [-0.25, -0.2) is 0 Å². The number of anilines is 1. The molecule has 1 N–H and O–H groups in total. The minimum Gasteiger partial charge on any atom is -0.317 e. The largest absolute Gasteiger partial charge is 0.317 e. The molecule has 0 aliphatic heterocycles. The second-order valence-corrected chi connectivity index (χ2v) is 3.82. The van der Waals surface area contributed by atoms with E-state index in [4.69, 9.17) is 0 Å². The number of nitrogens with one attached hydrogen (secondary N) is 1. The van der Waals surface area contributed by atoms with Gasteiger partial charge in [-0.2, -0.15) is 0 Å². The zero-order chi connectivity index (χ0) is 12.1. The van der Waals surface area contributed by atoms with Crippen LogP contribution in [-0.2, 0) is 4.79 Å². The van der Waals surface area contributed by atoms with Gasteiger partial charge in [-0.3, -0.25) is 14.9 Å². The lowest BCUT2D eigenvalue weighted by molar-refractivity contribution is -0.384. The molecule has 0 unspecified atom stereocenters. The lowest BCUT2D eigenvalue weighted by Gasteiger charge is -2.03. The van der Waals surface area contributed by atoms with Crippen molar-refractivity contribution in [3.8, 4) is 0 Å². The maximum atomic E-state index is 11.2. The summed E-state index contributed by atoms with van der Waals surface area (Å²) < 4.78 is 0.586. The van der Waals surface area contributed by atoms with Crippen molar-refractivity contribution in [2.24, 2.45) is 0 Å². The summed E-state index contributed by atoms with van der Waals surface area (Å²) in [6, 6.07) is 4.44. The van der Waals surface area contributed by atoms with Crippen LogP contribution in [-0.4, -0.2) is 10.8 Å². The SMILES string of the molecule is CC=CC(=O)Nc1ccc(Br)cc1[N+](=O)[O-]. The molecule has 1 amide bonds. The summed E-state index contributed by atoms with van der Waals surface area (Å²) in [5.41, 5.74) is 0.0310. The molecule has 0 spiro atoms. The van der Waals surface area contributed by atoms with Gasteiger partial charge in [-0.05, 0) is 25.1 Å². The molecule has 0 saturated carbocycles. The van der Waals surface area contributed by atoms with Crippen LogP contribution in [0.2, 0.25) is 0 Å². The van der Waals surface area contributed by atoms with Gasteiger partial charge < -0.3 is 5.32 Å². The summed E-state index contributed by atoms with van der Waals surface area (Å²) in [5.74, 6) is -0.395. The quantitative estimate of drug-likeness (QED) is 0.527. The molecule has 0 aliphatic carbocycles. The smallest absolute Gasteiger partial charge is 0.293 e. The van der Waals surface area contributed by atoms with Gasteiger partial charge in [0.1, 0.15) is 5.69 Å². The third kappa shape index (κ3) is 3.16. The molecule has 0 aromatic heterocycles. The van der Waals surface area contributed by atoms with Crippen molar-refractivity contribution in [3.63, 3.8) is 0 Å². The van der Waals surface area contributed by atoms with Crippen LogP contribution in [0.1, 0.15) is 6.92 Å². The highest BCUT2D eigenvalue weighted by atomic mass is 79.9. The second-order valence-electron chi connectivity index (χ2n) is 2.91. The van der Waals surface area contributed by atoms with E-state index in [1.165, 1.54) is 18.2 Å². The number of rotatable bonds is 3. The summed E-state index contributed by atoms with van der Waals surface area (Å²) >= 11 is 3.13. The monoisotopic (exact) mass is 284 g/mol. The molecule has 16 heavy (non-hydrogen) atoms. The summed E-state index contributed by atoms with van der Waals surface area (Å²) in [5, 5.41) is 13.2. The lowest BCUT2D eigenvalue weighted by atomic mass is 10.2. The fourth-order valence-electron chi connectivity index (χ4n) is 1.09. The summed E-state index contributed by atoms with van der Waals surface area (Å²) in [7, 11) is 0. The Kier molecular flexibility index (Phi) is 4.19. The van der Waals surface area contributed by atoms with Crippen LogP contribution in [0.4, 0.5) is 11.4 Å². The molecule has 0 atom stereocenters. The predicted molar refractivity (Wildman–Crippen MR) is 64.2 cm³/mol. The number of amides is 1. The molecule has 0 fully saturated rings. The normalized spacial score (nSPS) is 10.4. The summed E-state index contributed by atoms with van der Waals surface area (Å²) in [4.78, 5) is 21.4. The van der Waals surface area contributed by atoms with Gasteiger partial charge in [-0.1, -0.05) is 22.0 Å². The maximum Gasteiger partial charge on any atom is 0.293 e. The van der Waals surface area contributed by atoms with Crippen LogP contribution in [0.3, 0.4) is 0 Å². The zero-order valence-electron chi connectivity index (χ0n) is 8.44. The van der Waals surface area contributed by atoms with Gasteiger partial charge in [0.25, 0.3) is 5.69 Å². The fourth-order valence-corrected chi connectivity index (χ4v) is 1.44. The first-order chi connectivity index (χ1) is 7.54. The van der Waals surface area contributed by atoms with E-state index in [0.717, 1.165) is 0 Å². The number of hydrogen-bond acceptors (Lipinski definition) is 3. The van der Waals surface area contributed by atoms with Crippen molar-refractivity contribution in [1.29, 1.82) is 0 Å². The van der Waals surface area contributed by atoms with E-state index < -0.39 is 10.8 Å². The number of nitro benzene ring substituents is 1. The molecule has 0 aliphatic rings. The molecule has 5 nitrogen and oxygen atoms in total. The Hall–Kier alpha value is -1.69. The Morgan fingerprint density at radius 3 is 2.81 bits per heavy atom. The van der Waals surface area contributed by atoms with E-state index in [1.807, 2.05) is 0 Å². The van der Waals surface area contributed by atoms with Gasteiger partial charge >= 0.3 is 0 Å². The first kappa shape index (κ1) is 12.4. The first-order valence-corrected chi connectivity index (χ1v) is 5.21. The third-order valence-corrected chi connectivity index (χ3v) is 2.23. The Morgan fingerprint density at radius 2 is 2.25 bits per heavy atom. The Morgan fingerprint density at radius 1 is 1.56 bits per heavy atom. The van der Waals surface area contributed by atoms with Crippen LogP contribution in [0.15, 0.2) is 34.8 Å². The Bertz CT molecular complexity index is 457. The number of allylic oxidation sites excluding steroid dienone is 1. The number of hydrogen-bond donors (Lipinski definition) is 1. The molecule has 6 heteroatoms. The molecular weight excluding hydrogens is 276 g/mol. The van der Waals surface area contributed by atoms with Crippen LogP contribution in [0.25, 0.3) is 0 Å². The standard InChI is InChI=1S/C10H9BrN2O3/c1-2-3-10(14)12-8-5-4-7(11)6-9(8)13(15)16/h2-6H,1H3,(H,12,14). The average molecular weight is 285 g/mol. The number of halogens is 1. The van der Waals surface area contributed by atoms with E-state index in [1.54, 1.807) is 19.1 Å². The van der Waals surface area contributed by atoms with Gasteiger partial charge in [0.2, 0.25) is 5.91 Å². The number of nitro groups is 1. The van der Waals surface area contributed by atoms with E-state index in [2.05, 4.69) is 21.2 Å².